The van der Waals surface area contributed by atoms with Crippen LogP contribution in [-0.4, -0.2) is 35.5 Å². The summed E-state index contributed by atoms with van der Waals surface area (Å²) in [6.07, 6.45) is 0.752. The number of hydrogen-bond donors (Lipinski definition) is 3. The Morgan fingerprint density at radius 2 is 2.00 bits per heavy atom. The van der Waals surface area contributed by atoms with E-state index < -0.39 is 0 Å². The third-order valence-corrected chi connectivity index (χ3v) is 2.22. The minimum absolute atomic E-state index is 0.0485. The standard InChI is InChI=1S/C12H21N5O/c1-5-9-16-10(13-4)6-11(17-9)14-7-12(18)15-8(2)3/h6,8H,5,7H2,1-4H3,(H,15,18)(H2,13,14,16,17). The van der Waals surface area contributed by atoms with Crippen molar-refractivity contribution in [1.82, 2.24) is 15.3 Å². The normalized spacial score (nSPS) is 10.3. The van der Waals surface area contributed by atoms with Gasteiger partial charge in [0.05, 0.1) is 6.54 Å². The summed E-state index contributed by atoms with van der Waals surface area (Å²) in [6.45, 7) is 6.05. The zero-order valence-electron chi connectivity index (χ0n) is 11.4. The van der Waals surface area contributed by atoms with Gasteiger partial charge in [-0.25, -0.2) is 9.97 Å². The molecule has 0 aromatic carbocycles. The zero-order chi connectivity index (χ0) is 13.5. The van der Waals surface area contributed by atoms with Crippen LogP contribution >= 0.6 is 0 Å². The van der Waals surface area contributed by atoms with Crippen molar-refractivity contribution in [2.24, 2.45) is 0 Å². The number of nitrogens with one attached hydrogen (secondary N) is 3. The molecule has 6 nitrogen and oxygen atoms in total. The molecule has 3 N–H and O–H groups in total. The number of hydrogen-bond acceptors (Lipinski definition) is 5. The molecule has 0 bridgehead atoms. The van der Waals surface area contributed by atoms with E-state index in [1.54, 1.807) is 13.1 Å². The molecule has 100 valence electrons. The number of aromatic nitrogens is 2. The molecule has 0 saturated carbocycles. The zero-order valence-corrected chi connectivity index (χ0v) is 11.4. The number of anilines is 2. The second-order valence-corrected chi connectivity index (χ2v) is 4.23. The highest BCUT2D eigenvalue weighted by atomic mass is 16.1. The lowest BCUT2D eigenvalue weighted by Gasteiger charge is -2.11. The van der Waals surface area contributed by atoms with Crippen LogP contribution in [0.5, 0.6) is 0 Å². The number of carbonyl (C=O) groups is 1. The number of amides is 1. The Balaban J connectivity index is 2.63. The van der Waals surface area contributed by atoms with Crippen LogP contribution in [0.15, 0.2) is 6.07 Å². The lowest BCUT2D eigenvalue weighted by Crippen LogP contribution is -2.35. The van der Waals surface area contributed by atoms with E-state index in [0.717, 1.165) is 18.1 Å². The largest absolute Gasteiger partial charge is 0.373 e. The van der Waals surface area contributed by atoms with Gasteiger partial charge in [0.2, 0.25) is 5.91 Å². The van der Waals surface area contributed by atoms with Crippen molar-refractivity contribution in [3.8, 4) is 0 Å². The molecule has 0 spiro atoms. The molecule has 0 atom stereocenters. The van der Waals surface area contributed by atoms with Crippen LogP contribution < -0.4 is 16.0 Å². The topological polar surface area (TPSA) is 78.9 Å². The summed E-state index contributed by atoms with van der Waals surface area (Å²) in [5, 5.41) is 8.78. The van der Waals surface area contributed by atoms with Crippen LogP contribution in [-0.2, 0) is 11.2 Å². The van der Waals surface area contributed by atoms with Crippen LogP contribution in [0.25, 0.3) is 0 Å². The van der Waals surface area contributed by atoms with Gasteiger partial charge in [0.15, 0.2) is 0 Å². The SMILES string of the molecule is CCc1nc(NC)cc(NCC(=O)NC(C)C)n1. The van der Waals surface area contributed by atoms with Gasteiger partial charge in [0.25, 0.3) is 0 Å². The van der Waals surface area contributed by atoms with Crippen LogP contribution in [0.2, 0.25) is 0 Å². The summed E-state index contributed by atoms with van der Waals surface area (Å²) in [4.78, 5) is 20.1. The first-order valence-electron chi connectivity index (χ1n) is 6.14. The fraction of sp³-hybridized carbons (Fsp3) is 0.583. The minimum atomic E-state index is -0.0485. The highest BCUT2D eigenvalue weighted by Gasteiger charge is 2.05. The molecule has 0 fully saturated rings. The first-order valence-corrected chi connectivity index (χ1v) is 6.14. The van der Waals surface area contributed by atoms with E-state index in [1.165, 1.54) is 0 Å². The van der Waals surface area contributed by atoms with E-state index in [0.29, 0.717) is 5.82 Å². The van der Waals surface area contributed by atoms with E-state index >= 15 is 0 Å². The van der Waals surface area contributed by atoms with Crippen molar-refractivity contribution >= 4 is 17.5 Å². The maximum atomic E-state index is 11.5. The van der Waals surface area contributed by atoms with E-state index in [9.17, 15) is 4.79 Å². The van der Waals surface area contributed by atoms with Crippen molar-refractivity contribution in [3.63, 3.8) is 0 Å². The maximum Gasteiger partial charge on any atom is 0.239 e. The number of aryl methyl sites for hydroxylation is 1. The van der Waals surface area contributed by atoms with Gasteiger partial charge >= 0.3 is 0 Å². The van der Waals surface area contributed by atoms with Crippen molar-refractivity contribution in [2.75, 3.05) is 24.2 Å². The Labute approximate surface area is 108 Å². The van der Waals surface area contributed by atoms with Crippen LogP contribution in [0.3, 0.4) is 0 Å². The van der Waals surface area contributed by atoms with E-state index in [2.05, 4.69) is 25.9 Å². The van der Waals surface area contributed by atoms with Gasteiger partial charge in [-0.1, -0.05) is 6.92 Å². The second kappa shape index (κ2) is 6.78. The molecule has 1 aromatic rings. The Morgan fingerprint density at radius 1 is 1.33 bits per heavy atom. The van der Waals surface area contributed by atoms with Crippen molar-refractivity contribution in [3.05, 3.63) is 11.9 Å². The summed E-state index contributed by atoms with van der Waals surface area (Å²) in [5.74, 6) is 2.10. The van der Waals surface area contributed by atoms with Crippen molar-refractivity contribution < 1.29 is 4.79 Å². The molecule has 1 amide bonds. The lowest BCUT2D eigenvalue weighted by molar-refractivity contribution is -0.119. The lowest BCUT2D eigenvalue weighted by atomic mass is 10.4. The molecule has 1 aromatic heterocycles. The van der Waals surface area contributed by atoms with E-state index in [4.69, 9.17) is 0 Å². The molecule has 18 heavy (non-hydrogen) atoms. The summed E-state index contributed by atoms with van der Waals surface area (Å²) in [6, 6.07) is 1.92. The summed E-state index contributed by atoms with van der Waals surface area (Å²) in [5.41, 5.74) is 0. The fourth-order valence-corrected chi connectivity index (χ4v) is 1.42. The van der Waals surface area contributed by atoms with Gasteiger partial charge in [-0.2, -0.15) is 0 Å². The third kappa shape index (κ3) is 4.57. The summed E-state index contributed by atoms with van der Waals surface area (Å²) in [7, 11) is 1.80. The fourth-order valence-electron chi connectivity index (χ4n) is 1.42. The molecule has 0 aliphatic carbocycles. The molecule has 0 saturated heterocycles. The minimum Gasteiger partial charge on any atom is -0.373 e. The Bertz CT molecular complexity index is 383. The van der Waals surface area contributed by atoms with Crippen LogP contribution in [0.4, 0.5) is 11.6 Å². The van der Waals surface area contributed by atoms with Gasteiger partial charge < -0.3 is 16.0 Å². The molecule has 6 heteroatoms. The number of rotatable bonds is 6. The number of nitrogens with zero attached hydrogens (tertiary/aromatic N) is 2. The van der Waals surface area contributed by atoms with Gasteiger partial charge in [-0.15, -0.1) is 0 Å². The Hall–Kier alpha value is -1.85. The predicted octanol–water partition coefficient (Wildman–Crippen LogP) is 1.02. The highest BCUT2D eigenvalue weighted by molar-refractivity contribution is 5.80. The van der Waals surface area contributed by atoms with Gasteiger partial charge in [-0.05, 0) is 13.8 Å². The summed E-state index contributed by atoms with van der Waals surface area (Å²) < 4.78 is 0. The Morgan fingerprint density at radius 3 is 2.56 bits per heavy atom. The predicted molar refractivity (Wildman–Crippen MR) is 72.7 cm³/mol. The van der Waals surface area contributed by atoms with Gasteiger partial charge in [0, 0.05) is 25.6 Å². The molecular formula is C12H21N5O. The van der Waals surface area contributed by atoms with Crippen LogP contribution in [0, 0.1) is 0 Å². The molecule has 0 radical (unpaired) electrons. The molecule has 0 aliphatic heterocycles. The summed E-state index contributed by atoms with van der Waals surface area (Å²) >= 11 is 0. The molecule has 1 rings (SSSR count). The number of carbonyl (C=O) groups excluding carboxylic acids is 1. The first-order chi connectivity index (χ1) is 8.55. The maximum absolute atomic E-state index is 11.5. The first kappa shape index (κ1) is 14.2. The van der Waals surface area contributed by atoms with Crippen molar-refractivity contribution in [2.45, 2.75) is 33.2 Å². The molecular weight excluding hydrogens is 230 g/mol. The van der Waals surface area contributed by atoms with Gasteiger partial charge in [0.1, 0.15) is 17.5 Å². The average molecular weight is 251 g/mol. The van der Waals surface area contributed by atoms with Crippen molar-refractivity contribution in [1.29, 1.82) is 0 Å². The highest BCUT2D eigenvalue weighted by Crippen LogP contribution is 2.10. The van der Waals surface area contributed by atoms with E-state index in [1.807, 2.05) is 20.8 Å². The third-order valence-electron chi connectivity index (χ3n) is 2.22. The Kier molecular flexibility index (Phi) is 5.35. The second-order valence-electron chi connectivity index (χ2n) is 4.23. The van der Waals surface area contributed by atoms with E-state index in [-0.39, 0.29) is 18.5 Å². The quantitative estimate of drug-likeness (QED) is 0.703. The average Bonchev–Trinajstić information content (AvgIpc) is 2.35. The molecule has 1 heterocycles. The molecule has 0 unspecified atom stereocenters. The van der Waals surface area contributed by atoms with Crippen LogP contribution in [0.1, 0.15) is 26.6 Å². The molecule has 0 aliphatic rings. The smallest absolute Gasteiger partial charge is 0.239 e. The van der Waals surface area contributed by atoms with Gasteiger partial charge in [-0.3, -0.25) is 4.79 Å². The monoisotopic (exact) mass is 251 g/mol.